The van der Waals surface area contributed by atoms with Gasteiger partial charge in [0.15, 0.2) is 0 Å². The average Bonchev–Trinajstić information content (AvgIpc) is 3.05. The highest BCUT2D eigenvalue weighted by molar-refractivity contribution is 6.51. The first-order valence-electron chi connectivity index (χ1n) is 9.56. The maximum absolute atomic E-state index is 13.0. The van der Waals surface area contributed by atoms with E-state index in [2.05, 4.69) is 0 Å². The first-order chi connectivity index (χ1) is 14.9. The molecule has 0 saturated carbocycles. The van der Waals surface area contributed by atoms with Gasteiger partial charge in [-0.1, -0.05) is 60.2 Å². The largest absolute Gasteiger partial charge is 0.507 e. The molecule has 1 amide bonds. The summed E-state index contributed by atoms with van der Waals surface area (Å²) in [4.78, 5) is 38.1. The molecule has 0 radical (unpaired) electrons. The van der Waals surface area contributed by atoms with Crippen molar-refractivity contribution in [3.63, 3.8) is 0 Å². The standard InChI is InChI=1S/C24H18N2O5/c1-15-10-12-18(13-11-15)25-21(17-8-5-9-19(14-17)26(30)31)20(23(28)24(25)29)22(27)16-6-3-2-4-7-16/h2-14,21,27H,1H3/b22-20+/t21-/m1/s1. The summed E-state index contributed by atoms with van der Waals surface area (Å²) in [6.07, 6.45) is 0. The summed E-state index contributed by atoms with van der Waals surface area (Å²) in [6.45, 7) is 1.89. The van der Waals surface area contributed by atoms with Crippen molar-refractivity contribution in [3.05, 3.63) is 111 Å². The Labute approximate surface area is 178 Å². The van der Waals surface area contributed by atoms with Crippen LogP contribution in [0.15, 0.2) is 84.4 Å². The number of ketones is 1. The zero-order valence-corrected chi connectivity index (χ0v) is 16.6. The maximum Gasteiger partial charge on any atom is 0.300 e. The first kappa shape index (κ1) is 20.0. The van der Waals surface area contributed by atoms with Crippen LogP contribution in [-0.4, -0.2) is 21.7 Å². The van der Waals surface area contributed by atoms with Crippen LogP contribution in [0.5, 0.6) is 0 Å². The monoisotopic (exact) mass is 414 g/mol. The van der Waals surface area contributed by atoms with E-state index < -0.39 is 22.7 Å². The molecule has 1 aliphatic heterocycles. The fourth-order valence-electron chi connectivity index (χ4n) is 3.68. The molecule has 3 aromatic carbocycles. The van der Waals surface area contributed by atoms with E-state index in [0.717, 1.165) is 5.56 Å². The topological polar surface area (TPSA) is 101 Å². The number of amides is 1. The van der Waals surface area contributed by atoms with Crippen LogP contribution in [0.3, 0.4) is 0 Å². The maximum atomic E-state index is 13.0. The minimum Gasteiger partial charge on any atom is -0.507 e. The summed E-state index contributed by atoms with van der Waals surface area (Å²) in [5.41, 5.74) is 1.86. The first-order valence-corrected chi connectivity index (χ1v) is 9.56. The predicted molar refractivity (Wildman–Crippen MR) is 116 cm³/mol. The molecule has 0 bridgehead atoms. The molecule has 154 valence electrons. The van der Waals surface area contributed by atoms with Crippen LogP contribution < -0.4 is 4.90 Å². The minimum absolute atomic E-state index is 0.114. The van der Waals surface area contributed by atoms with Crippen molar-refractivity contribution in [2.24, 2.45) is 0 Å². The van der Waals surface area contributed by atoms with E-state index in [-0.39, 0.29) is 17.0 Å². The third-order valence-corrected chi connectivity index (χ3v) is 5.20. The molecule has 0 spiro atoms. The van der Waals surface area contributed by atoms with Gasteiger partial charge < -0.3 is 5.11 Å². The zero-order chi connectivity index (χ0) is 22.1. The molecule has 1 atom stereocenters. The van der Waals surface area contributed by atoms with Crippen LogP contribution >= 0.6 is 0 Å². The molecular weight excluding hydrogens is 396 g/mol. The molecule has 4 rings (SSSR count). The summed E-state index contributed by atoms with van der Waals surface area (Å²) in [5, 5.41) is 22.3. The summed E-state index contributed by atoms with van der Waals surface area (Å²) in [7, 11) is 0. The second-order valence-electron chi connectivity index (χ2n) is 7.22. The Bertz CT molecular complexity index is 1220. The number of nitrogens with zero attached hydrogens (tertiary/aromatic N) is 2. The second kappa shape index (κ2) is 7.87. The third kappa shape index (κ3) is 3.57. The fourth-order valence-corrected chi connectivity index (χ4v) is 3.68. The number of non-ortho nitro benzene ring substituents is 1. The number of Topliss-reactive ketones (excluding diaryl/α,β-unsaturated/α-hetero) is 1. The number of aliphatic hydroxyl groups is 1. The van der Waals surface area contributed by atoms with Crippen LogP contribution in [0.25, 0.3) is 5.76 Å². The molecule has 1 heterocycles. The lowest BCUT2D eigenvalue weighted by molar-refractivity contribution is -0.384. The van der Waals surface area contributed by atoms with Gasteiger partial charge in [0.2, 0.25) is 0 Å². The number of benzene rings is 3. The third-order valence-electron chi connectivity index (χ3n) is 5.20. The summed E-state index contributed by atoms with van der Waals surface area (Å²) >= 11 is 0. The average molecular weight is 414 g/mol. The van der Waals surface area contributed by atoms with E-state index in [1.807, 2.05) is 6.92 Å². The molecule has 0 aromatic heterocycles. The number of nitro benzene ring substituents is 1. The van der Waals surface area contributed by atoms with Gasteiger partial charge in [-0.15, -0.1) is 0 Å². The lowest BCUT2D eigenvalue weighted by atomic mass is 9.95. The van der Waals surface area contributed by atoms with Crippen molar-refractivity contribution >= 4 is 28.8 Å². The minimum atomic E-state index is -1.01. The van der Waals surface area contributed by atoms with Crippen molar-refractivity contribution in [2.75, 3.05) is 4.90 Å². The SMILES string of the molecule is Cc1ccc(N2C(=O)C(=O)/C(=C(/O)c3ccccc3)[C@H]2c2cccc([N+](=O)[O-])c2)cc1. The van der Waals surface area contributed by atoms with Crippen molar-refractivity contribution in [1.82, 2.24) is 0 Å². The number of hydrogen-bond acceptors (Lipinski definition) is 5. The van der Waals surface area contributed by atoms with Gasteiger partial charge in [-0.2, -0.15) is 0 Å². The molecule has 0 aliphatic carbocycles. The normalized spacial score (nSPS) is 17.7. The molecule has 7 nitrogen and oxygen atoms in total. The van der Waals surface area contributed by atoms with Gasteiger partial charge in [0, 0.05) is 23.4 Å². The van der Waals surface area contributed by atoms with Gasteiger partial charge in [0.05, 0.1) is 16.5 Å². The molecular formula is C24H18N2O5. The van der Waals surface area contributed by atoms with Crippen LogP contribution in [0.2, 0.25) is 0 Å². The van der Waals surface area contributed by atoms with Crippen molar-refractivity contribution in [2.45, 2.75) is 13.0 Å². The molecule has 1 N–H and O–H groups in total. The Morgan fingerprint density at radius 3 is 2.29 bits per heavy atom. The molecule has 7 heteroatoms. The van der Waals surface area contributed by atoms with Crippen LogP contribution in [0, 0.1) is 17.0 Å². The smallest absolute Gasteiger partial charge is 0.300 e. The highest BCUT2D eigenvalue weighted by Gasteiger charge is 2.47. The van der Waals surface area contributed by atoms with Crippen molar-refractivity contribution in [1.29, 1.82) is 0 Å². The summed E-state index contributed by atoms with van der Waals surface area (Å²) in [6, 6.07) is 20.2. The van der Waals surface area contributed by atoms with Gasteiger partial charge >= 0.3 is 0 Å². The number of rotatable bonds is 4. The number of carbonyl (C=O) groups is 2. The van der Waals surface area contributed by atoms with E-state index >= 15 is 0 Å². The van der Waals surface area contributed by atoms with E-state index in [9.17, 15) is 24.8 Å². The molecule has 1 aliphatic rings. The highest BCUT2D eigenvalue weighted by atomic mass is 16.6. The molecule has 1 fully saturated rings. The number of carbonyl (C=O) groups excluding carboxylic acids is 2. The lowest BCUT2D eigenvalue weighted by Gasteiger charge is -2.25. The number of hydrogen-bond donors (Lipinski definition) is 1. The van der Waals surface area contributed by atoms with Crippen molar-refractivity contribution in [3.8, 4) is 0 Å². The van der Waals surface area contributed by atoms with Crippen LogP contribution in [0.4, 0.5) is 11.4 Å². The van der Waals surface area contributed by atoms with Gasteiger partial charge in [0.25, 0.3) is 17.4 Å². The number of anilines is 1. The quantitative estimate of drug-likeness (QED) is 0.222. The van der Waals surface area contributed by atoms with Crippen molar-refractivity contribution < 1.29 is 19.6 Å². The zero-order valence-electron chi connectivity index (χ0n) is 16.6. The Morgan fingerprint density at radius 1 is 0.968 bits per heavy atom. The fraction of sp³-hybridized carbons (Fsp3) is 0.0833. The number of nitro groups is 1. The molecule has 31 heavy (non-hydrogen) atoms. The van der Waals surface area contributed by atoms with E-state index in [1.54, 1.807) is 60.7 Å². The van der Waals surface area contributed by atoms with Gasteiger partial charge in [-0.25, -0.2) is 0 Å². The molecule has 1 saturated heterocycles. The summed E-state index contributed by atoms with van der Waals surface area (Å²) in [5.74, 6) is -1.98. The predicted octanol–water partition coefficient (Wildman–Crippen LogP) is 4.53. The van der Waals surface area contributed by atoms with E-state index in [1.165, 1.54) is 23.1 Å². The van der Waals surface area contributed by atoms with Gasteiger partial charge in [-0.3, -0.25) is 24.6 Å². The molecule has 0 unspecified atom stereocenters. The second-order valence-corrected chi connectivity index (χ2v) is 7.22. The number of aliphatic hydroxyl groups excluding tert-OH is 1. The Kier molecular flexibility index (Phi) is 5.09. The Morgan fingerprint density at radius 2 is 1.65 bits per heavy atom. The number of aryl methyl sites for hydroxylation is 1. The van der Waals surface area contributed by atoms with Crippen LogP contribution in [0.1, 0.15) is 22.7 Å². The Hall–Kier alpha value is -4.26. The highest BCUT2D eigenvalue weighted by Crippen LogP contribution is 2.42. The van der Waals surface area contributed by atoms with Gasteiger partial charge in [-0.05, 0) is 24.6 Å². The Balaban J connectivity index is 1.97. The lowest BCUT2D eigenvalue weighted by Crippen LogP contribution is -2.29. The van der Waals surface area contributed by atoms with E-state index in [0.29, 0.717) is 16.8 Å². The van der Waals surface area contributed by atoms with Crippen LogP contribution in [-0.2, 0) is 9.59 Å². The van der Waals surface area contributed by atoms with Gasteiger partial charge in [0.1, 0.15) is 5.76 Å². The van der Waals surface area contributed by atoms with E-state index in [4.69, 9.17) is 0 Å². The molecule has 3 aromatic rings. The summed E-state index contributed by atoms with van der Waals surface area (Å²) < 4.78 is 0.